The fourth-order valence-corrected chi connectivity index (χ4v) is 1.77. The van der Waals surface area contributed by atoms with Crippen LogP contribution in [0.15, 0.2) is 61.7 Å². The van der Waals surface area contributed by atoms with E-state index in [-0.39, 0.29) is 0 Å². The molecule has 0 saturated carbocycles. The molecule has 1 heteroatoms. The maximum Gasteiger partial charge on any atom is 0.0463 e. The van der Waals surface area contributed by atoms with Gasteiger partial charge in [-0.1, -0.05) is 55.6 Å². The summed E-state index contributed by atoms with van der Waals surface area (Å²) >= 11 is 0. The van der Waals surface area contributed by atoms with Gasteiger partial charge in [-0.3, -0.25) is 0 Å². The molecule has 0 bridgehead atoms. The van der Waals surface area contributed by atoms with Crippen molar-refractivity contribution in [1.82, 2.24) is 0 Å². The van der Waals surface area contributed by atoms with Gasteiger partial charge in [0.1, 0.15) is 0 Å². The monoisotopic (exact) mass is 221 g/mol. The van der Waals surface area contributed by atoms with Gasteiger partial charge in [0.2, 0.25) is 0 Å². The molecular formula is C16H15N. The van der Waals surface area contributed by atoms with Crippen molar-refractivity contribution in [3.63, 3.8) is 0 Å². The van der Waals surface area contributed by atoms with Crippen LogP contribution < -0.4 is 5.32 Å². The van der Waals surface area contributed by atoms with Gasteiger partial charge in [0.25, 0.3) is 0 Å². The maximum atomic E-state index is 3.85. The van der Waals surface area contributed by atoms with Crippen LogP contribution in [0.25, 0.3) is 12.2 Å². The molecular weight excluding hydrogens is 206 g/mol. The molecule has 0 spiro atoms. The highest BCUT2D eigenvalue weighted by Gasteiger charge is 2.02. The first-order valence-corrected chi connectivity index (χ1v) is 5.55. The first kappa shape index (κ1) is 11.2. The molecule has 0 atom stereocenters. The summed E-state index contributed by atoms with van der Waals surface area (Å²) in [5.41, 5.74) is 4.27. The van der Waals surface area contributed by atoms with Crippen LogP contribution in [0.4, 0.5) is 11.4 Å². The van der Waals surface area contributed by atoms with E-state index in [9.17, 15) is 0 Å². The predicted octanol–water partition coefficient (Wildman–Crippen LogP) is 4.72. The summed E-state index contributed by atoms with van der Waals surface area (Å²) in [5, 5.41) is 3.38. The average Bonchev–Trinajstić information content (AvgIpc) is 2.39. The Bertz CT molecular complexity index is 526. The SMILES string of the molecule is C=Cc1cccc(Nc2ccccc2)c1C=C. The Morgan fingerprint density at radius 1 is 0.824 bits per heavy atom. The number of hydrogen-bond donors (Lipinski definition) is 1. The van der Waals surface area contributed by atoms with E-state index < -0.39 is 0 Å². The molecule has 2 rings (SSSR count). The molecule has 1 N–H and O–H groups in total. The zero-order chi connectivity index (χ0) is 12.1. The van der Waals surface area contributed by atoms with Gasteiger partial charge < -0.3 is 5.32 Å². The molecule has 1 nitrogen and oxygen atoms in total. The minimum atomic E-state index is 1.05. The Hall–Kier alpha value is -2.28. The first-order chi connectivity index (χ1) is 8.35. The Balaban J connectivity index is 2.39. The molecule has 84 valence electrons. The topological polar surface area (TPSA) is 12.0 Å². The molecule has 2 aromatic rings. The lowest BCUT2D eigenvalue weighted by Gasteiger charge is -2.11. The van der Waals surface area contributed by atoms with Crippen molar-refractivity contribution in [2.75, 3.05) is 5.32 Å². The molecule has 0 amide bonds. The van der Waals surface area contributed by atoms with Gasteiger partial charge in [-0.25, -0.2) is 0 Å². The van der Waals surface area contributed by atoms with Crippen LogP contribution >= 0.6 is 0 Å². The Morgan fingerprint density at radius 3 is 2.24 bits per heavy atom. The van der Waals surface area contributed by atoms with Crippen LogP contribution in [-0.4, -0.2) is 0 Å². The van der Waals surface area contributed by atoms with Gasteiger partial charge in [0.05, 0.1) is 0 Å². The van der Waals surface area contributed by atoms with Crippen LogP contribution in [0.1, 0.15) is 11.1 Å². The summed E-state index contributed by atoms with van der Waals surface area (Å²) in [6.07, 6.45) is 3.69. The summed E-state index contributed by atoms with van der Waals surface area (Å²) in [4.78, 5) is 0. The highest BCUT2D eigenvalue weighted by Crippen LogP contribution is 2.25. The highest BCUT2D eigenvalue weighted by atomic mass is 14.9. The third kappa shape index (κ3) is 2.45. The Morgan fingerprint density at radius 2 is 1.59 bits per heavy atom. The lowest BCUT2D eigenvalue weighted by atomic mass is 10.1. The molecule has 0 aliphatic heterocycles. The van der Waals surface area contributed by atoms with Crippen LogP contribution in [0.3, 0.4) is 0 Å². The number of hydrogen-bond acceptors (Lipinski definition) is 1. The van der Waals surface area contributed by atoms with E-state index in [2.05, 4.69) is 18.5 Å². The van der Waals surface area contributed by atoms with Crippen LogP contribution in [0.5, 0.6) is 0 Å². The minimum absolute atomic E-state index is 1.05. The van der Waals surface area contributed by atoms with Gasteiger partial charge in [0.15, 0.2) is 0 Å². The molecule has 17 heavy (non-hydrogen) atoms. The molecule has 0 fully saturated rings. The zero-order valence-corrected chi connectivity index (χ0v) is 9.69. The second kappa shape index (κ2) is 5.17. The van der Waals surface area contributed by atoms with Gasteiger partial charge in [-0.05, 0) is 23.8 Å². The van der Waals surface area contributed by atoms with Crippen LogP contribution in [0, 0.1) is 0 Å². The van der Waals surface area contributed by atoms with Crippen molar-refractivity contribution < 1.29 is 0 Å². The Labute approximate surface area is 102 Å². The van der Waals surface area contributed by atoms with Crippen molar-refractivity contribution in [3.05, 3.63) is 72.8 Å². The van der Waals surface area contributed by atoms with E-state index >= 15 is 0 Å². The molecule has 0 aliphatic carbocycles. The summed E-state index contributed by atoms with van der Waals surface area (Å²) in [6, 6.07) is 16.2. The van der Waals surface area contributed by atoms with Crippen molar-refractivity contribution in [2.45, 2.75) is 0 Å². The molecule has 0 saturated heterocycles. The maximum absolute atomic E-state index is 3.85. The second-order valence-corrected chi connectivity index (χ2v) is 3.71. The van der Waals surface area contributed by atoms with Gasteiger partial charge in [0, 0.05) is 16.9 Å². The van der Waals surface area contributed by atoms with E-state index in [1.54, 1.807) is 0 Å². The average molecular weight is 221 g/mol. The van der Waals surface area contributed by atoms with Gasteiger partial charge in [-0.15, -0.1) is 0 Å². The van der Waals surface area contributed by atoms with E-state index in [1.165, 1.54) is 0 Å². The number of nitrogens with one attached hydrogen (secondary N) is 1. The number of rotatable bonds is 4. The van der Waals surface area contributed by atoms with Crippen molar-refractivity contribution in [1.29, 1.82) is 0 Å². The summed E-state index contributed by atoms with van der Waals surface area (Å²) in [5.74, 6) is 0. The third-order valence-corrected chi connectivity index (χ3v) is 2.62. The van der Waals surface area contributed by atoms with E-state index in [1.807, 2.05) is 60.7 Å². The fraction of sp³-hybridized carbons (Fsp3) is 0. The zero-order valence-electron chi connectivity index (χ0n) is 9.69. The highest BCUT2D eigenvalue weighted by molar-refractivity contribution is 5.77. The number of para-hydroxylation sites is 1. The van der Waals surface area contributed by atoms with Crippen molar-refractivity contribution in [2.24, 2.45) is 0 Å². The van der Waals surface area contributed by atoms with Crippen molar-refractivity contribution in [3.8, 4) is 0 Å². The third-order valence-electron chi connectivity index (χ3n) is 2.62. The summed E-state index contributed by atoms with van der Waals surface area (Å²) < 4.78 is 0. The lowest BCUT2D eigenvalue weighted by molar-refractivity contribution is 1.52. The van der Waals surface area contributed by atoms with E-state index in [0.717, 1.165) is 22.5 Å². The lowest BCUT2D eigenvalue weighted by Crippen LogP contribution is -1.94. The quantitative estimate of drug-likeness (QED) is 0.788. The largest absolute Gasteiger partial charge is 0.355 e. The molecule has 0 radical (unpaired) electrons. The predicted molar refractivity (Wildman–Crippen MR) is 76.3 cm³/mol. The standard InChI is InChI=1S/C16H15N/c1-3-13-9-8-12-16(15(13)4-2)17-14-10-6-5-7-11-14/h3-12,17H,1-2H2. The molecule has 0 heterocycles. The van der Waals surface area contributed by atoms with Gasteiger partial charge in [-0.2, -0.15) is 0 Å². The smallest absolute Gasteiger partial charge is 0.0463 e. The molecule has 0 aromatic heterocycles. The molecule has 0 unspecified atom stereocenters. The van der Waals surface area contributed by atoms with Crippen LogP contribution in [0.2, 0.25) is 0 Å². The number of benzene rings is 2. The van der Waals surface area contributed by atoms with E-state index in [4.69, 9.17) is 0 Å². The first-order valence-electron chi connectivity index (χ1n) is 5.55. The summed E-state index contributed by atoms with van der Waals surface area (Å²) in [6.45, 7) is 7.67. The minimum Gasteiger partial charge on any atom is -0.355 e. The van der Waals surface area contributed by atoms with E-state index in [0.29, 0.717) is 0 Å². The summed E-state index contributed by atoms with van der Waals surface area (Å²) in [7, 11) is 0. The van der Waals surface area contributed by atoms with Crippen molar-refractivity contribution >= 4 is 23.5 Å². The Kier molecular flexibility index (Phi) is 3.41. The second-order valence-electron chi connectivity index (χ2n) is 3.71. The fourth-order valence-electron chi connectivity index (χ4n) is 1.77. The van der Waals surface area contributed by atoms with Gasteiger partial charge >= 0.3 is 0 Å². The molecule has 2 aromatic carbocycles. The number of anilines is 2. The normalized spacial score (nSPS) is 9.65. The molecule has 0 aliphatic rings. The van der Waals surface area contributed by atoms with Crippen LogP contribution in [-0.2, 0) is 0 Å².